The Morgan fingerprint density at radius 3 is 2.44 bits per heavy atom. The fourth-order valence-electron chi connectivity index (χ4n) is 3.50. The number of amides is 1. The summed E-state index contributed by atoms with van der Waals surface area (Å²) in [6.45, 7) is 5.36. The predicted octanol–water partition coefficient (Wildman–Crippen LogP) is 2.15. The Bertz CT molecular complexity index is 627. The lowest BCUT2D eigenvalue weighted by Gasteiger charge is -2.42. The van der Waals surface area contributed by atoms with Crippen LogP contribution in [0, 0.1) is 0 Å². The molecule has 5 nitrogen and oxygen atoms in total. The average Bonchev–Trinajstić information content (AvgIpc) is 2.61. The molecule has 0 aliphatic carbocycles. The summed E-state index contributed by atoms with van der Waals surface area (Å²) in [5.41, 5.74) is -1.000. The van der Waals surface area contributed by atoms with Gasteiger partial charge >= 0.3 is 6.18 Å². The van der Waals surface area contributed by atoms with Crippen molar-refractivity contribution in [2.75, 3.05) is 26.2 Å². The van der Waals surface area contributed by atoms with Crippen LogP contribution >= 0.6 is 0 Å². The second-order valence-corrected chi connectivity index (χ2v) is 7.45. The summed E-state index contributed by atoms with van der Waals surface area (Å²) in [6.07, 6.45) is -3.01. The van der Waals surface area contributed by atoms with Crippen molar-refractivity contribution >= 4 is 5.91 Å². The standard InChI is InChI=1S/C19H28F3N3O2/c1-14(2)24-18(13-26)7-9-25(10-8-18)12-17(27)23-11-15-5-3-4-6-16(15)19(20,21)22/h3-6,14,24,26H,7-13H2,1-2H3,(H,23,27). The summed E-state index contributed by atoms with van der Waals surface area (Å²) >= 11 is 0. The smallest absolute Gasteiger partial charge is 0.394 e. The summed E-state index contributed by atoms with van der Waals surface area (Å²) in [7, 11) is 0. The minimum Gasteiger partial charge on any atom is -0.394 e. The lowest BCUT2D eigenvalue weighted by molar-refractivity contribution is -0.138. The first-order chi connectivity index (χ1) is 12.6. The van der Waals surface area contributed by atoms with Gasteiger partial charge in [0.2, 0.25) is 5.91 Å². The number of carbonyl (C=O) groups is 1. The molecule has 1 amide bonds. The number of carbonyl (C=O) groups excluding carboxylic acids is 1. The molecule has 0 saturated carbocycles. The lowest BCUT2D eigenvalue weighted by atomic mass is 9.87. The molecule has 0 atom stereocenters. The van der Waals surface area contributed by atoms with Crippen LogP contribution in [0.3, 0.4) is 0 Å². The molecule has 1 saturated heterocycles. The second kappa shape index (κ2) is 9.03. The third-order valence-corrected chi connectivity index (χ3v) is 4.88. The zero-order valence-corrected chi connectivity index (χ0v) is 15.8. The molecule has 1 aromatic rings. The third kappa shape index (κ3) is 6.19. The highest BCUT2D eigenvalue weighted by Crippen LogP contribution is 2.31. The van der Waals surface area contributed by atoms with E-state index in [1.807, 2.05) is 18.7 Å². The van der Waals surface area contributed by atoms with E-state index in [1.165, 1.54) is 18.2 Å². The molecule has 0 unspecified atom stereocenters. The number of aliphatic hydroxyl groups is 1. The summed E-state index contributed by atoms with van der Waals surface area (Å²) in [5, 5.41) is 15.7. The van der Waals surface area contributed by atoms with Crippen LogP contribution in [-0.2, 0) is 17.5 Å². The summed E-state index contributed by atoms with van der Waals surface area (Å²) in [4.78, 5) is 14.1. The van der Waals surface area contributed by atoms with Gasteiger partial charge in [-0.1, -0.05) is 32.0 Å². The number of aliphatic hydroxyl groups excluding tert-OH is 1. The van der Waals surface area contributed by atoms with Crippen LogP contribution in [0.1, 0.15) is 37.8 Å². The first kappa shape index (κ1) is 21.7. The van der Waals surface area contributed by atoms with E-state index < -0.39 is 11.7 Å². The van der Waals surface area contributed by atoms with Crippen molar-refractivity contribution in [1.82, 2.24) is 15.5 Å². The summed E-state index contributed by atoms with van der Waals surface area (Å²) in [6, 6.07) is 5.50. The molecule has 8 heteroatoms. The number of likely N-dealkylation sites (tertiary alicyclic amines) is 1. The molecule has 1 fully saturated rings. The number of nitrogens with zero attached hydrogens (tertiary/aromatic N) is 1. The van der Waals surface area contributed by atoms with E-state index >= 15 is 0 Å². The van der Waals surface area contributed by atoms with E-state index in [9.17, 15) is 23.1 Å². The van der Waals surface area contributed by atoms with Crippen LogP contribution < -0.4 is 10.6 Å². The highest BCUT2D eigenvalue weighted by molar-refractivity contribution is 5.78. The maximum atomic E-state index is 13.0. The molecular weight excluding hydrogens is 359 g/mol. The summed E-state index contributed by atoms with van der Waals surface area (Å²) in [5.74, 6) is -0.305. The van der Waals surface area contributed by atoms with Gasteiger partial charge in [0, 0.05) is 31.2 Å². The van der Waals surface area contributed by atoms with E-state index in [2.05, 4.69) is 10.6 Å². The van der Waals surface area contributed by atoms with Crippen LogP contribution in [0.5, 0.6) is 0 Å². The van der Waals surface area contributed by atoms with E-state index in [4.69, 9.17) is 0 Å². The van der Waals surface area contributed by atoms with Crippen LogP contribution in [0.2, 0.25) is 0 Å². The van der Waals surface area contributed by atoms with Gasteiger partial charge < -0.3 is 15.7 Å². The van der Waals surface area contributed by atoms with E-state index in [0.717, 1.165) is 6.07 Å². The van der Waals surface area contributed by atoms with E-state index in [-0.39, 0.29) is 42.7 Å². The van der Waals surface area contributed by atoms with Crippen LogP contribution in [0.4, 0.5) is 13.2 Å². The number of rotatable bonds is 7. The van der Waals surface area contributed by atoms with Gasteiger partial charge in [-0.2, -0.15) is 13.2 Å². The number of nitrogens with one attached hydrogen (secondary N) is 2. The first-order valence-electron chi connectivity index (χ1n) is 9.18. The Morgan fingerprint density at radius 1 is 1.26 bits per heavy atom. The van der Waals surface area contributed by atoms with Gasteiger partial charge in [0.05, 0.1) is 18.7 Å². The Balaban J connectivity index is 1.84. The number of hydrogen-bond donors (Lipinski definition) is 3. The SMILES string of the molecule is CC(C)NC1(CO)CCN(CC(=O)NCc2ccccc2C(F)(F)F)CC1. The molecule has 1 aromatic carbocycles. The minimum absolute atomic E-state index is 0.0411. The fourth-order valence-corrected chi connectivity index (χ4v) is 3.50. The topological polar surface area (TPSA) is 64.6 Å². The number of hydrogen-bond acceptors (Lipinski definition) is 4. The monoisotopic (exact) mass is 387 g/mol. The Labute approximate surface area is 157 Å². The molecule has 1 heterocycles. The van der Waals surface area contributed by atoms with Gasteiger partial charge in [0.1, 0.15) is 0 Å². The van der Waals surface area contributed by atoms with Gasteiger partial charge in [-0.05, 0) is 24.5 Å². The van der Waals surface area contributed by atoms with Crippen LogP contribution in [0.25, 0.3) is 0 Å². The van der Waals surface area contributed by atoms with Crippen LogP contribution in [0.15, 0.2) is 24.3 Å². The Kier molecular flexibility index (Phi) is 7.25. The second-order valence-electron chi connectivity index (χ2n) is 7.45. The zero-order chi connectivity index (χ0) is 20.1. The molecule has 2 rings (SSSR count). The van der Waals surface area contributed by atoms with Crippen molar-refractivity contribution in [2.45, 2.75) is 51.0 Å². The zero-order valence-electron chi connectivity index (χ0n) is 15.8. The van der Waals surface area contributed by atoms with Crippen molar-refractivity contribution < 1.29 is 23.1 Å². The number of benzene rings is 1. The van der Waals surface area contributed by atoms with Crippen LogP contribution in [-0.4, -0.2) is 53.7 Å². The fraction of sp³-hybridized carbons (Fsp3) is 0.632. The molecule has 0 radical (unpaired) electrons. The molecule has 27 heavy (non-hydrogen) atoms. The third-order valence-electron chi connectivity index (χ3n) is 4.88. The molecule has 3 N–H and O–H groups in total. The Morgan fingerprint density at radius 2 is 1.89 bits per heavy atom. The van der Waals surface area contributed by atoms with E-state index in [0.29, 0.717) is 25.9 Å². The molecular formula is C19H28F3N3O2. The maximum Gasteiger partial charge on any atom is 0.416 e. The van der Waals surface area contributed by atoms with Gasteiger partial charge in [-0.15, -0.1) is 0 Å². The van der Waals surface area contributed by atoms with Gasteiger partial charge in [-0.25, -0.2) is 0 Å². The van der Waals surface area contributed by atoms with Gasteiger partial charge in [0.25, 0.3) is 0 Å². The number of halogens is 3. The summed E-state index contributed by atoms with van der Waals surface area (Å²) < 4.78 is 39.0. The molecule has 152 valence electrons. The highest BCUT2D eigenvalue weighted by Gasteiger charge is 2.35. The first-order valence-corrected chi connectivity index (χ1v) is 9.18. The van der Waals surface area contributed by atoms with Crippen molar-refractivity contribution in [3.05, 3.63) is 35.4 Å². The van der Waals surface area contributed by atoms with Gasteiger partial charge in [-0.3, -0.25) is 9.69 Å². The van der Waals surface area contributed by atoms with Gasteiger partial charge in [0.15, 0.2) is 0 Å². The molecule has 0 spiro atoms. The Hall–Kier alpha value is -1.64. The van der Waals surface area contributed by atoms with Crippen molar-refractivity contribution in [1.29, 1.82) is 0 Å². The lowest BCUT2D eigenvalue weighted by Crippen LogP contribution is -2.58. The van der Waals surface area contributed by atoms with E-state index in [1.54, 1.807) is 0 Å². The normalized spacial score (nSPS) is 17.9. The molecule has 1 aliphatic heterocycles. The van der Waals surface area contributed by atoms with Crippen molar-refractivity contribution in [3.63, 3.8) is 0 Å². The van der Waals surface area contributed by atoms with Crippen molar-refractivity contribution in [3.8, 4) is 0 Å². The maximum absolute atomic E-state index is 13.0. The number of piperidine rings is 1. The quantitative estimate of drug-likeness (QED) is 0.671. The van der Waals surface area contributed by atoms with Crippen molar-refractivity contribution in [2.24, 2.45) is 0 Å². The molecule has 0 bridgehead atoms. The minimum atomic E-state index is -4.44. The average molecular weight is 387 g/mol. The highest BCUT2D eigenvalue weighted by atomic mass is 19.4. The number of alkyl halides is 3. The largest absolute Gasteiger partial charge is 0.416 e. The molecule has 0 aromatic heterocycles. The molecule has 1 aliphatic rings. The predicted molar refractivity (Wildman–Crippen MR) is 97.1 cm³/mol.